The summed E-state index contributed by atoms with van der Waals surface area (Å²) in [7, 11) is 1.76. The van der Waals surface area contributed by atoms with Crippen LogP contribution >= 0.6 is 22.9 Å². The van der Waals surface area contributed by atoms with Crippen molar-refractivity contribution in [2.45, 2.75) is 13.5 Å². The molecule has 0 atom stereocenters. The molecule has 0 saturated carbocycles. The second-order valence-electron chi connectivity index (χ2n) is 3.63. The second-order valence-corrected chi connectivity index (χ2v) is 5.04. The SMILES string of the molecule is Cc1c(Cl)c(C(=O)NCc2cccs2)nn1C. The molecule has 0 aliphatic rings. The van der Waals surface area contributed by atoms with Gasteiger partial charge in [0.25, 0.3) is 5.91 Å². The molecule has 0 saturated heterocycles. The molecule has 1 amide bonds. The zero-order chi connectivity index (χ0) is 12.4. The Morgan fingerprint density at radius 1 is 1.65 bits per heavy atom. The fourth-order valence-electron chi connectivity index (χ4n) is 1.39. The minimum Gasteiger partial charge on any atom is -0.346 e. The topological polar surface area (TPSA) is 46.9 Å². The van der Waals surface area contributed by atoms with Crippen LogP contribution in [-0.4, -0.2) is 15.7 Å². The first-order valence-corrected chi connectivity index (χ1v) is 6.35. The molecule has 1 N–H and O–H groups in total. The Bertz CT molecular complexity index is 533. The number of hydrogen-bond acceptors (Lipinski definition) is 3. The maximum Gasteiger partial charge on any atom is 0.273 e. The van der Waals surface area contributed by atoms with E-state index in [0.29, 0.717) is 11.6 Å². The number of nitrogens with one attached hydrogen (secondary N) is 1. The van der Waals surface area contributed by atoms with Gasteiger partial charge in [0, 0.05) is 11.9 Å². The molecule has 90 valence electrons. The van der Waals surface area contributed by atoms with Crippen LogP contribution in [0.25, 0.3) is 0 Å². The number of thiophene rings is 1. The lowest BCUT2D eigenvalue weighted by atomic mass is 10.3. The number of rotatable bonds is 3. The van der Waals surface area contributed by atoms with Crippen molar-refractivity contribution in [3.63, 3.8) is 0 Å². The summed E-state index contributed by atoms with van der Waals surface area (Å²) < 4.78 is 1.60. The van der Waals surface area contributed by atoms with Crippen LogP contribution in [0.2, 0.25) is 5.02 Å². The van der Waals surface area contributed by atoms with E-state index in [2.05, 4.69) is 10.4 Å². The molecular formula is C11H12ClN3OS. The van der Waals surface area contributed by atoms with E-state index in [1.165, 1.54) is 0 Å². The van der Waals surface area contributed by atoms with E-state index in [9.17, 15) is 4.79 Å². The van der Waals surface area contributed by atoms with Crippen LogP contribution in [0.15, 0.2) is 17.5 Å². The van der Waals surface area contributed by atoms with Gasteiger partial charge < -0.3 is 5.32 Å². The molecule has 0 radical (unpaired) electrons. The molecule has 17 heavy (non-hydrogen) atoms. The van der Waals surface area contributed by atoms with Crippen LogP contribution in [-0.2, 0) is 13.6 Å². The first-order valence-electron chi connectivity index (χ1n) is 5.09. The van der Waals surface area contributed by atoms with Gasteiger partial charge in [-0.1, -0.05) is 17.7 Å². The molecule has 0 unspecified atom stereocenters. The Kier molecular flexibility index (Phi) is 3.49. The quantitative estimate of drug-likeness (QED) is 0.930. The van der Waals surface area contributed by atoms with E-state index in [0.717, 1.165) is 10.6 Å². The first kappa shape index (κ1) is 12.1. The lowest BCUT2D eigenvalue weighted by Gasteiger charge is -2.00. The number of carbonyl (C=O) groups excluding carboxylic acids is 1. The van der Waals surface area contributed by atoms with E-state index < -0.39 is 0 Å². The van der Waals surface area contributed by atoms with Crippen LogP contribution < -0.4 is 5.32 Å². The predicted octanol–water partition coefficient (Wildman–Crippen LogP) is 2.37. The Labute approximate surface area is 108 Å². The highest BCUT2D eigenvalue weighted by atomic mass is 35.5. The third kappa shape index (κ3) is 2.50. The molecule has 0 bridgehead atoms. The highest BCUT2D eigenvalue weighted by molar-refractivity contribution is 7.09. The molecule has 6 heteroatoms. The van der Waals surface area contributed by atoms with Crippen LogP contribution in [0.1, 0.15) is 21.1 Å². The average molecular weight is 270 g/mol. The van der Waals surface area contributed by atoms with Crippen LogP contribution in [0.5, 0.6) is 0 Å². The standard InChI is InChI=1S/C11H12ClN3OS/c1-7-9(12)10(14-15(7)2)11(16)13-6-8-4-3-5-17-8/h3-5H,6H2,1-2H3,(H,13,16). The van der Waals surface area contributed by atoms with Gasteiger partial charge in [-0.25, -0.2) is 0 Å². The summed E-state index contributed by atoms with van der Waals surface area (Å²) >= 11 is 7.63. The van der Waals surface area contributed by atoms with E-state index in [-0.39, 0.29) is 11.6 Å². The fourth-order valence-corrected chi connectivity index (χ4v) is 2.28. The van der Waals surface area contributed by atoms with Crippen molar-refractivity contribution in [2.24, 2.45) is 7.05 Å². The summed E-state index contributed by atoms with van der Waals surface area (Å²) in [6, 6.07) is 3.92. The molecule has 2 heterocycles. The van der Waals surface area contributed by atoms with Crippen molar-refractivity contribution in [1.29, 1.82) is 0 Å². The van der Waals surface area contributed by atoms with Gasteiger partial charge in [0.2, 0.25) is 0 Å². The van der Waals surface area contributed by atoms with Gasteiger partial charge in [-0.15, -0.1) is 11.3 Å². The van der Waals surface area contributed by atoms with Crippen molar-refractivity contribution in [2.75, 3.05) is 0 Å². The monoisotopic (exact) mass is 269 g/mol. The molecule has 0 spiro atoms. The maximum atomic E-state index is 11.9. The van der Waals surface area contributed by atoms with Gasteiger partial charge in [-0.3, -0.25) is 9.48 Å². The zero-order valence-corrected chi connectivity index (χ0v) is 11.1. The lowest BCUT2D eigenvalue weighted by molar-refractivity contribution is 0.0945. The number of carbonyl (C=O) groups is 1. The van der Waals surface area contributed by atoms with Gasteiger partial charge in [0.05, 0.1) is 17.3 Å². The summed E-state index contributed by atoms with van der Waals surface area (Å²) in [5.41, 5.74) is 1.07. The van der Waals surface area contributed by atoms with E-state index >= 15 is 0 Å². The predicted molar refractivity (Wildman–Crippen MR) is 68.4 cm³/mol. The van der Waals surface area contributed by atoms with E-state index in [1.807, 2.05) is 24.4 Å². The molecule has 4 nitrogen and oxygen atoms in total. The van der Waals surface area contributed by atoms with Gasteiger partial charge >= 0.3 is 0 Å². The molecule has 0 fully saturated rings. The largest absolute Gasteiger partial charge is 0.346 e. The smallest absolute Gasteiger partial charge is 0.273 e. The van der Waals surface area contributed by atoms with Gasteiger partial charge in [-0.05, 0) is 18.4 Å². The molecule has 2 rings (SSSR count). The number of hydrogen-bond donors (Lipinski definition) is 1. The third-order valence-electron chi connectivity index (χ3n) is 2.48. The van der Waals surface area contributed by atoms with Crippen molar-refractivity contribution in [3.8, 4) is 0 Å². The molecular weight excluding hydrogens is 258 g/mol. The number of amides is 1. The minimum atomic E-state index is -0.243. The first-order chi connectivity index (χ1) is 8.09. The van der Waals surface area contributed by atoms with Crippen LogP contribution in [0, 0.1) is 6.92 Å². The number of nitrogens with zero attached hydrogens (tertiary/aromatic N) is 2. The van der Waals surface area contributed by atoms with E-state index in [1.54, 1.807) is 23.1 Å². The number of aryl methyl sites for hydroxylation is 1. The Hall–Kier alpha value is -1.33. The van der Waals surface area contributed by atoms with Crippen molar-refractivity contribution < 1.29 is 4.79 Å². The number of aromatic nitrogens is 2. The Morgan fingerprint density at radius 3 is 2.94 bits per heavy atom. The molecule has 2 aromatic rings. The lowest BCUT2D eigenvalue weighted by Crippen LogP contribution is -2.23. The minimum absolute atomic E-state index is 0.243. The van der Waals surface area contributed by atoms with Crippen LogP contribution in [0.3, 0.4) is 0 Å². The number of halogens is 1. The molecule has 2 aromatic heterocycles. The Balaban J connectivity index is 2.07. The van der Waals surface area contributed by atoms with Crippen LogP contribution in [0.4, 0.5) is 0 Å². The van der Waals surface area contributed by atoms with E-state index in [4.69, 9.17) is 11.6 Å². The van der Waals surface area contributed by atoms with Gasteiger partial charge in [-0.2, -0.15) is 5.10 Å². The molecule has 0 aliphatic carbocycles. The highest BCUT2D eigenvalue weighted by Crippen LogP contribution is 2.19. The van der Waals surface area contributed by atoms with Crippen molar-refractivity contribution in [3.05, 3.63) is 38.8 Å². The molecule has 0 aromatic carbocycles. The summed E-state index contributed by atoms with van der Waals surface area (Å²) in [6.07, 6.45) is 0. The molecule has 0 aliphatic heterocycles. The van der Waals surface area contributed by atoms with Gasteiger partial charge in [0.1, 0.15) is 0 Å². The zero-order valence-electron chi connectivity index (χ0n) is 9.53. The van der Waals surface area contributed by atoms with Crippen molar-refractivity contribution >= 4 is 28.8 Å². The summed E-state index contributed by atoms with van der Waals surface area (Å²) in [5.74, 6) is -0.243. The third-order valence-corrected chi connectivity index (χ3v) is 3.81. The van der Waals surface area contributed by atoms with Crippen molar-refractivity contribution in [1.82, 2.24) is 15.1 Å². The summed E-state index contributed by atoms with van der Waals surface area (Å²) in [4.78, 5) is 13.0. The second kappa shape index (κ2) is 4.89. The normalized spacial score (nSPS) is 10.5. The summed E-state index contributed by atoms with van der Waals surface area (Å²) in [6.45, 7) is 2.33. The summed E-state index contributed by atoms with van der Waals surface area (Å²) in [5, 5.41) is 9.26. The maximum absolute atomic E-state index is 11.9. The Morgan fingerprint density at radius 2 is 2.41 bits per heavy atom. The fraction of sp³-hybridized carbons (Fsp3) is 0.273. The highest BCUT2D eigenvalue weighted by Gasteiger charge is 2.17. The van der Waals surface area contributed by atoms with Gasteiger partial charge in [0.15, 0.2) is 5.69 Å². The average Bonchev–Trinajstić information content (AvgIpc) is 2.91.